The van der Waals surface area contributed by atoms with Gasteiger partial charge >= 0.3 is 0 Å². The van der Waals surface area contributed by atoms with Crippen LogP contribution in [0.5, 0.6) is 11.5 Å². The summed E-state index contributed by atoms with van der Waals surface area (Å²) < 4.78 is 19.5. The topological polar surface area (TPSA) is 43.4 Å². The highest BCUT2D eigenvalue weighted by Crippen LogP contribution is 2.30. The largest absolute Gasteiger partial charge is 0.456 e. The van der Waals surface area contributed by atoms with Crippen LogP contribution in [-0.2, 0) is 0 Å². The molecule has 0 amide bonds. The summed E-state index contributed by atoms with van der Waals surface area (Å²) in [5.41, 5.74) is 0.476. The van der Waals surface area contributed by atoms with Crippen LogP contribution in [0, 0.1) is 5.82 Å². The molecule has 0 bridgehead atoms. The first kappa shape index (κ1) is 13.4. The highest BCUT2D eigenvalue weighted by atomic mass is 79.9. The molecule has 0 aromatic heterocycles. The van der Waals surface area contributed by atoms with Crippen molar-refractivity contribution in [2.45, 2.75) is 0 Å². The quantitative estimate of drug-likeness (QED) is 0.799. The Morgan fingerprint density at radius 2 is 1.84 bits per heavy atom. The van der Waals surface area contributed by atoms with Gasteiger partial charge in [-0.1, -0.05) is 0 Å². The van der Waals surface area contributed by atoms with Crippen molar-refractivity contribution >= 4 is 28.5 Å². The zero-order chi connectivity index (χ0) is 13.8. The van der Waals surface area contributed by atoms with Crippen LogP contribution in [0.3, 0.4) is 0 Å². The van der Waals surface area contributed by atoms with Gasteiger partial charge in [-0.3, -0.25) is 9.59 Å². The number of halogens is 2. The molecule has 0 saturated heterocycles. The van der Waals surface area contributed by atoms with Gasteiger partial charge in [0.25, 0.3) is 0 Å². The summed E-state index contributed by atoms with van der Waals surface area (Å²) in [6, 6.07) is 8.74. The van der Waals surface area contributed by atoms with E-state index in [1.165, 1.54) is 12.1 Å². The van der Waals surface area contributed by atoms with E-state index in [-0.39, 0.29) is 11.3 Å². The summed E-state index contributed by atoms with van der Waals surface area (Å²) in [6.07, 6.45) is 1.15. The number of aldehydes is 2. The standard InChI is InChI=1S/C14H8BrFO3/c15-12-5-9(7-17)1-4-14(12)19-11-3-2-10(8-18)13(16)6-11/h1-8H. The molecule has 0 radical (unpaired) electrons. The molecule has 96 valence electrons. The van der Waals surface area contributed by atoms with E-state index in [4.69, 9.17) is 4.74 Å². The maximum Gasteiger partial charge on any atom is 0.152 e. The summed E-state index contributed by atoms with van der Waals surface area (Å²) in [5.74, 6) is 0.0691. The van der Waals surface area contributed by atoms with E-state index >= 15 is 0 Å². The summed E-state index contributed by atoms with van der Waals surface area (Å²) in [7, 11) is 0. The fraction of sp³-hybridized carbons (Fsp3) is 0. The molecule has 2 aromatic carbocycles. The highest BCUT2D eigenvalue weighted by molar-refractivity contribution is 9.10. The molecule has 2 aromatic rings. The molecule has 0 saturated carbocycles. The molecule has 0 aliphatic heterocycles. The van der Waals surface area contributed by atoms with Gasteiger partial charge in [-0.05, 0) is 46.3 Å². The summed E-state index contributed by atoms with van der Waals surface area (Å²) in [4.78, 5) is 21.1. The van der Waals surface area contributed by atoms with Crippen LogP contribution >= 0.6 is 15.9 Å². The minimum atomic E-state index is -0.645. The van der Waals surface area contributed by atoms with Crippen molar-refractivity contribution in [2.24, 2.45) is 0 Å². The Bertz CT molecular complexity index is 641. The van der Waals surface area contributed by atoms with E-state index in [1.807, 2.05) is 0 Å². The van der Waals surface area contributed by atoms with E-state index in [9.17, 15) is 14.0 Å². The summed E-state index contributed by atoms with van der Waals surface area (Å²) in [6.45, 7) is 0. The van der Waals surface area contributed by atoms with Crippen molar-refractivity contribution in [3.63, 3.8) is 0 Å². The first-order chi connectivity index (χ1) is 9.13. The Hall–Kier alpha value is -2.01. The van der Waals surface area contributed by atoms with Crippen LogP contribution in [0.2, 0.25) is 0 Å². The molecule has 0 aliphatic rings. The second kappa shape index (κ2) is 5.75. The lowest BCUT2D eigenvalue weighted by Crippen LogP contribution is -1.91. The van der Waals surface area contributed by atoms with Crippen molar-refractivity contribution in [1.82, 2.24) is 0 Å². The maximum absolute atomic E-state index is 13.4. The van der Waals surface area contributed by atoms with E-state index < -0.39 is 5.82 Å². The lowest BCUT2D eigenvalue weighted by atomic mass is 10.2. The molecule has 0 atom stereocenters. The van der Waals surface area contributed by atoms with Gasteiger partial charge in [0.15, 0.2) is 6.29 Å². The minimum absolute atomic E-state index is 0.0253. The van der Waals surface area contributed by atoms with Gasteiger partial charge in [0, 0.05) is 11.6 Å². The molecule has 0 spiro atoms. The number of carbonyl (C=O) groups excluding carboxylic acids is 2. The predicted octanol–water partition coefficient (Wildman–Crippen LogP) is 4.01. The van der Waals surface area contributed by atoms with Crippen LogP contribution in [0.15, 0.2) is 40.9 Å². The zero-order valence-corrected chi connectivity index (χ0v) is 11.2. The van der Waals surface area contributed by atoms with E-state index in [0.717, 1.165) is 6.07 Å². The molecule has 0 fully saturated rings. The zero-order valence-electron chi connectivity index (χ0n) is 9.60. The van der Waals surface area contributed by atoms with Gasteiger partial charge in [0.1, 0.15) is 23.6 Å². The average molecular weight is 323 g/mol. The smallest absolute Gasteiger partial charge is 0.152 e. The molecule has 5 heteroatoms. The van der Waals surface area contributed by atoms with Gasteiger partial charge in [0.05, 0.1) is 10.0 Å². The number of rotatable bonds is 4. The van der Waals surface area contributed by atoms with Gasteiger partial charge in [-0.2, -0.15) is 0 Å². The lowest BCUT2D eigenvalue weighted by Gasteiger charge is -2.08. The SMILES string of the molecule is O=Cc1ccc(Oc2ccc(C=O)c(F)c2)c(Br)c1. The second-order valence-electron chi connectivity index (χ2n) is 3.71. The number of hydrogen-bond donors (Lipinski definition) is 0. The molecule has 0 aliphatic carbocycles. The third-order valence-corrected chi connectivity index (χ3v) is 3.04. The third-order valence-electron chi connectivity index (χ3n) is 2.42. The minimum Gasteiger partial charge on any atom is -0.456 e. The number of ether oxygens (including phenoxy) is 1. The second-order valence-corrected chi connectivity index (χ2v) is 4.57. The van der Waals surface area contributed by atoms with Crippen LogP contribution in [0.1, 0.15) is 20.7 Å². The molecule has 19 heavy (non-hydrogen) atoms. The number of benzene rings is 2. The molecule has 2 rings (SSSR count). The van der Waals surface area contributed by atoms with Crippen molar-refractivity contribution in [3.05, 3.63) is 57.8 Å². The van der Waals surface area contributed by atoms with Crippen molar-refractivity contribution < 1.29 is 18.7 Å². The summed E-state index contributed by atoms with van der Waals surface area (Å²) in [5, 5.41) is 0. The van der Waals surface area contributed by atoms with Gasteiger partial charge < -0.3 is 4.74 Å². The normalized spacial score (nSPS) is 10.0. The predicted molar refractivity (Wildman–Crippen MR) is 71.4 cm³/mol. The van der Waals surface area contributed by atoms with Gasteiger partial charge in [-0.25, -0.2) is 4.39 Å². The molecule has 3 nitrogen and oxygen atoms in total. The van der Waals surface area contributed by atoms with Crippen LogP contribution in [-0.4, -0.2) is 12.6 Å². The first-order valence-corrected chi connectivity index (χ1v) is 6.10. The third kappa shape index (κ3) is 3.06. The van der Waals surface area contributed by atoms with Crippen molar-refractivity contribution in [1.29, 1.82) is 0 Å². The molecule has 0 N–H and O–H groups in total. The fourth-order valence-corrected chi connectivity index (χ4v) is 1.94. The Morgan fingerprint density at radius 1 is 1.05 bits per heavy atom. The Morgan fingerprint density at radius 3 is 2.42 bits per heavy atom. The number of hydrogen-bond acceptors (Lipinski definition) is 3. The number of carbonyl (C=O) groups is 2. The van der Waals surface area contributed by atoms with E-state index in [1.54, 1.807) is 18.2 Å². The van der Waals surface area contributed by atoms with E-state index in [2.05, 4.69) is 15.9 Å². The Labute approximate surface area is 117 Å². The maximum atomic E-state index is 13.4. The summed E-state index contributed by atoms with van der Waals surface area (Å²) >= 11 is 3.26. The average Bonchev–Trinajstić information content (AvgIpc) is 2.41. The lowest BCUT2D eigenvalue weighted by molar-refractivity contribution is 0.111. The molecule has 0 heterocycles. The molecular formula is C14H8BrFO3. The monoisotopic (exact) mass is 322 g/mol. The molecular weight excluding hydrogens is 315 g/mol. The van der Waals surface area contributed by atoms with Crippen LogP contribution in [0.4, 0.5) is 4.39 Å². The fourth-order valence-electron chi connectivity index (χ4n) is 1.47. The van der Waals surface area contributed by atoms with Crippen molar-refractivity contribution in [3.8, 4) is 11.5 Å². The van der Waals surface area contributed by atoms with Crippen LogP contribution in [0.25, 0.3) is 0 Å². The molecule has 0 unspecified atom stereocenters. The van der Waals surface area contributed by atoms with Gasteiger partial charge in [0.2, 0.25) is 0 Å². The van der Waals surface area contributed by atoms with E-state index in [0.29, 0.717) is 28.4 Å². The first-order valence-electron chi connectivity index (χ1n) is 5.31. The Kier molecular flexibility index (Phi) is 4.06. The van der Waals surface area contributed by atoms with Crippen molar-refractivity contribution in [2.75, 3.05) is 0 Å². The van der Waals surface area contributed by atoms with Gasteiger partial charge in [-0.15, -0.1) is 0 Å². The highest BCUT2D eigenvalue weighted by Gasteiger charge is 2.07. The van der Waals surface area contributed by atoms with Crippen LogP contribution < -0.4 is 4.74 Å². The Balaban J connectivity index is 2.28.